The smallest absolute Gasteiger partial charge is 0.257 e. The van der Waals surface area contributed by atoms with Gasteiger partial charge in [-0.15, -0.1) is 0 Å². The minimum Gasteiger partial charge on any atom is -0.353 e. The molecule has 0 unspecified atom stereocenters. The summed E-state index contributed by atoms with van der Waals surface area (Å²) in [7, 11) is 3.90. The molecular weight excluding hydrogens is 379 g/mol. The fraction of sp³-hybridized carbons (Fsp3) is 0.250. The van der Waals surface area contributed by atoms with Crippen LogP contribution in [-0.2, 0) is 18.4 Å². The Morgan fingerprint density at radius 3 is 2.50 bits per heavy atom. The number of rotatable bonds is 6. The number of hydrogen-bond acceptors (Lipinski definition) is 3. The van der Waals surface area contributed by atoms with Crippen molar-refractivity contribution in [3.05, 3.63) is 95.6 Å². The average Bonchev–Trinajstić information content (AvgIpc) is 3.35. The number of carbonyl (C=O) groups excluding carboxylic acids is 1. The van der Waals surface area contributed by atoms with Gasteiger partial charge in [-0.2, -0.15) is 5.10 Å². The zero-order valence-corrected chi connectivity index (χ0v) is 17.2. The zero-order valence-electron chi connectivity index (χ0n) is 17.2. The lowest BCUT2D eigenvalue weighted by molar-refractivity contribution is -0.134. The van der Waals surface area contributed by atoms with E-state index in [2.05, 4.69) is 5.10 Å². The van der Waals surface area contributed by atoms with Crippen LogP contribution < -0.4 is 0 Å². The molecule has 4 rings (SSSR count). The van der Waals surface area contributed by atoms with Crippen molar-refractivity contribution in [3.8, 4) is 0 Å². The molecule has 0 saturated heterocycles. The highest BCUT2D eigenvalue weighted by molar-refractivity contribution is 6.03. The molecule has 0 fully saturated rings. The maximum atomic E-state index is 13.3. The van der Waals surface area contributed by atoms with Gasteiger partial charge in [0.15, 0.2) is 0 Å². The van der Waals surface area contributed by atoms with Crippen LogP contribution in [0.15, 0.2) is 78.0 Å². The number of benzene rings is 2. The number of aromatic nitrogens is 1. The Morgan fingerprint density at radius 2 is 1.83 bits per heavy atom. The van der Waals surface area contributed by atoms with Gasteiger partial charge in [0.25, 0.3) is 5.91 Å². The van der Waals surface area contributed by atoms with Gasteiger partial charge >= 0.3 is 0 Å². The van der Waals surface area contributed by atoms with E-state index >= 15 is 0 Å². The number of likely N-dealkylation sites (N-methyl/N-ethyl adjacent to an activating group) is 1. The summed E-state index contributed by atoms with van der Waals surface area (Å²) in [6.07, 6.45) is 2.56. The van der Waals surface area contributed by atoms with Crippen LogP contribution in [0.4, 0.5) is 4.39 Å². The number of amides is 1. The van der Waals surface area contributed by atoms with Gasteiger partial charge in [0.1, 0.15) is 11.9 Å². The maximum absolute atomic E-state index is 13.3. The molecule has 6 heteroatoms. The van der Waals surface area contributed by atoms with Crippen LogP contribution in [0.3, 0.4) is 0 Å². The molecule has 1 aliphatic rings. The van der Waals surface area contributed by atoms with E-state index < -0.39 is 0 Å². The first-order chi connectivity index (χ1) is 14.5. The van der Waals surface area contributed by atoms with Gasteiger partial charge in [-0.3, -0.25) is 9.69 Å². The number of hydrogen-bond donors (Lipinski definition) is 0. The highest BCUT2D eigenvalue weighted by atomic mass is 19.1. The molecule has 0 saturated carbocycles. The van der Waals surface area contributed by atoms with Crippen molar-refractivity contribution in [2.75, 3.05) is 13.6 Å². The van der Waals surface area contributed by atoms with Gasteiger partial charge in [-0.05, 0) is 42.4 Å². The lowest BCUT2D eigenvalue weighted by Gasteiger charge is -2.25. The van der Waals surface area contributed by atoms with Crippen LogP contribution in [0.5, 0.6) is 0 Å². The molecule has 154 valence electrons. The fourth-order valence-electron chi connectivity index (χ4n) is 3.86. The van der Waals surface area contributed by atoms with Crippen LogP contribution in [0.1, 0.15) is 29.3 Å². The molecule has 2 heterocycles. The summed E-state index contributed by atoms with van der Waals surface area (Å²) in [5.74, 6) is -0.344. The average molecular weight is 404 g/mol. The van der Waals surface area contributed by atoms with Gasteiger partial charge in [0, 0.05) is 31.9 Å². The summed E-state index contributed by atoms with van der Waals surface area (Å²) in [4.78, 5) is 15.2. The van der Waals surface area contributed by atoms with Crippen molar-refractivity contribution < 1.29 is 9.18 Å². The van der Waals surface area contributed by atoms with Crippen LogP contribution in [-0.4, -0.2) is 39.7 Å². The third-order valence-electron chi connectivity index (χ3n) is 5.37. The van der Waals surface area contributed by atoms with Crippen molar-refractivity contribution in [1.29, 1.82) is 0 Å². The summed E-state index contributed by atoms with van der Waals surface area (Å²) in [6.45, 7) is 0.944. The number of halogens is 1. The van der Waals surface area contributed by atoms with Crippen LogP contribution >= 0.6 is 0 Å². The van der Waals surface area contributed by atoms with E-state index in [1.807, 2.05) is 72.2 Å². The predicted octanol–water partition coefficient (Wildman–Crippen LogP) is 3.97. The standard InChI is InChI=1S/C24H25FN4O/c1-27(16-18-7-4-3-5-8-18)17-24(30)29-23(22-9-6-14-28(22)2)15-21(26-29)19-10-12-20(25)13-11-19/h3-14,23H,15-17H2,1-2H3/t23-/m1/s1. The summed E-state index contributed by atoms with van der Waals surface area (Å²) in [6, 6.07) is 20.2. The van der Waals surface area contributed by atoms with Crippen molar-refractivity contribution in [2.24, 2.45) is 12.1 Å². The van der Waals surface area contributed by atoms with E-state index in [-0.39, 0.29) is 24.3 Å². The lowest BCUT2D eigenvalue weighted by atomic mass is 10.0. The Kier molecular flexibility index (Phi) is 5.77. The van der Waals surface area contributed by atoms with E-state index in [4.69, 9.17) is 0 Å². The Labute approximate surface area is 176 Å². The molecular formula is C24H25FN4O. The van der Waals surface area contributed by atoms with Crippen LogP contribution in [0.25, 0.3) is 0 Å². The minimum atomic E-state index is -0.285. The highest BCUT2D eigenvalue weighted by Gasteiger charge is 2.34. The van der Waals surface area contributed by atoms with Crippen LogP contribution in [0, 0.1) is 5.82 Å². The molecule has 0 N–H and O–H groups in total. The summed E-state index contributed by atoms with van der Waals surface area (Å²) >= 11 is 0. The number of aryl methyl sites for hydroxylation is 1. The Morgan fingerprint density at radius 1 is 1.10 bits per heavy atom. The Bertz CT molecular complexity index is 1040. The van der Waals surface area contributed by atoms with Crippen molar-refractivity contribution in [1.82, 2.24) is 14.5 Å². The van der Waals surface area contributed by atoms with Gasteiger partial charge in [-0.25, -0.2) is 9.40 Å². The molecule has 3 aromatic rings. The van der Waals surface area contributed by atoms with Crippen LogP contribution in [0.2, 0.25) is 0 Å². The van der Waals surface area contributed by atoms with Gasteiger partial charge in [0.05, 0.1) is 12.3 Å². The first-order valence-electron chi connectivity index (χ1n) is 10.0. The Hall–Kier alpha value is -3.25. The Balaban J connectivity index is 1.55. The second-order valence-electron chi connectivity index (χ2n) is 7.71. The molecule has 30 heavy (non-hydrogen) atoms. The molecule has 0 aliphatic carbocycles. The molecule has 5 nitrogen and oxygen atoms in total. The summed E-state index contributed by atoms with van der Waals surface area (Å²) < 4.78 is 15.4. The molecule has 0 radical (unpaired) electrons. The highest BCUT2D eigenvalue weighted by Crippen LogP contribution is 2.33. The fourth-order valence-corrected chi connectivity index (χ4v) is 3.86. The van der Waals surface area contributed by atoms with E-state index in [0.29, 0.717) is 13.0 Å². The number of carbonyl (C=O) groups is 1. The van der Waals surface area contributed by atoms with E-state index in [1.165, 1.54) is 12.1 Å². The molecule has 1 amide bonds. The lowest BCUT2D eigenvalue weighted by Crippen LogP contribution is -2.36. The molecule has 1 aliphatic heterocycles. The molecule has 1 aromatic heterocycles. The van der Waals surface area contributed by atoms with Gasteiger partial charge < -0.3 is 4.57 Å². The third-order valence-corrected chi connectivity index (χ3v) is 5.37. The maximum Gasteiger partial charge on any atom is 0.257 e. The van der Waals surface area contributed by atoms with E-state index in [0.717, 1.165) is 22.5 Å². The zero-order chi connectivity index (χ0) is 21.1. The van der Waals surface area contributed by atoms with Gasteiger partial charge in [0.2, 0.25) is 0 Å². The summed E-state index contributed by atoms with van der Waals surface area (Å²) in [5.41, 5.74) is 3.81. The SMILES string of the molecule is CN(CC(=O)N1N=C(c2ccc(F)cc2)C[C@@H]1c1cccn1C)Cc1ccccc1. The molecule has 0 spiro atoms. The quantitative estimate of drug-likeness (QED) is 0.624. The number of hydrazone groups is 1. The second kappa shape index (κ2) is 8.63. The van der Waals surface area contributed by atoms with Crippen molar-refractivity contribution in [3.63, 3.8) is 0 Å². The van der Waals surface area contributed by atoms with E-state index in [9.17, 15) is 9.18 Å². The van der Waals surface area contributed by atoms with Gasteiger partial charge in [-0.1, -0.05) is 42.5 Å². The van der Waals surface area contributed by atoms with E-state index in [1.54, 1.807) is 17.1 Å². The largest absolute Gasteiger partial charge is 0.353 e. The first-order valence-corrected chi connectivity index (χ1v) is 10.0. The van der Waals surface area contributed by atoms with Crippen molar-refractivity contribution >= 4 is 11.6 Å². The molecule has 1 atom stereocenters. The minimum absolute atomic E-state index is 0.0586. The normalized spacial score (nSPS) is 16.2. The summed E-state index contributed by atoms with van der Waals surface area (Å²) in [5, 5.41) is 6.26. The third kappa shape index (κ3) is 4.33. The monoisotopic (exact) mass is 404 g/mol. The molecule has 2 aromatic carbocycles. The first kappa shape index (κ1) is 20.0. The predicted molar refractivity (Wildman–Crippen MR) is 115 cm³/mol. The van der Waals surface area contributed by atoms with Crippen molar-refractivity contribution in [2.45, 2.75) is 19.0 Å². The second-order valence-corrected chi connectivity index (χ2v) is 7.71. The number of nitrogens with zero attached hydrogens (tertiary/aromatic N) is 4. The topological polar surface area (TPSA) is 40.8 Å². The molecule has 0 bridgehead atoms.